The molecule has 2 N–H and O–H groups in total. The standard InChI is InChI=1S/C16H27NO3/c1-16(14-18,17-2)10-6-7-11-19-12-13-20-15-8-4-3-5-9-15/h3-5,8-9,17-18H,6-7,10-14H2,1-2H3. The van der Waals surface area contributed by atoms with Crippen molar-refractivity contribution in [3.05, 3.63) is 30.3 Å². The maximum atomic E-state index is 9.26. The Kier molecular flexibility index (Phi) is 8.26. The molecule has 114 valence electrons. The van der Waals surface area contributed by atoms with Crippen LogP contribution in [0.25, 0.3) is 0 Å². The molecule has 20 heavy (non-hydrogen) atoms. The zero-order chi connectivity index (χ0) is 14.7. The summed E-state index contributed by atoms with van der Waals surface area (Å²) in [7, 11) is 1.88. The highest BCUT2D eigenvalue weighted by atomic mass is 16.5. The maximum Gasteiger partial charge on any atom is 0.119 e. The largest absolute Gasteiger partial charge is 0.491 e. The third kappa shape index (κ3) is 6.89. The van der Waals surface area contributed by atoms with E-state index < -0.39 is 0 Å². The van der Waals surface area contributed by atoms with Crippen LogP contribution in [0.2, 0.25) is 0 Å². The van der Waals surface area contributed by atoms with Crippen LogP contribution >= 0.6 is 0 Å². The highest BCUT2D eigenvalue weighted by Crippen LogP contribution is 2.12. The van der Waals surface area contributed by atoms with Gasteiger partial charge in [0.05, 0.1) is 13.2 Å². The Labute approximate surface area is 122 Å². The molecular weight excluding hydrogens is 254 g/mol. The second-order valence-corrected chi connectivity index (χ2v) is 5.20. The molecule has 1 rings (SSSR count). The van der Waals surface area contributed by atoms with E-state index in [0.717, 1.165) is 31.6 Å². The summed E-state index contributed by atoms with van der Waals surface area (Å²) >= 11 is 0. The quantitative estimate of drug-likeness (QED) is 0.611. The van der Waals surface area contributed by atoms with Gasteiger partial charge in [0.15, 0.2) is 0 Å². The second kappa shape index (κ2) is 9.75. The van der Waals surface area contributed by atoms with Gasteiger partial charge in [-0.25, -0.2) is 0 Å². The molecule has 0 spiro atoms. The molecule has 0 bridgehead atoms. The van der Waals surface area contributed by atoms with E-state index in [2.05, 4.69) is 5.32 Å². The van der Waals surface area contributed by atoms with Crippen LogP contribution in [0.1, 0.15) is 26.2 Å². The maximum absolute atomic E-state index is 9.26. The number of rotatable bonds is 11. The molecule has 0 amide bonds. The van der Waals surface area contributed by atoms with E-state index in [9.17, 15) is 5.11 Å². The van der Waals surface area contributed by atoms with Crippen molar-refractivity contribution in [2.75, 3.05) is 33.5 Å². The van der Waals surface area contributed by atoms with Gasteiger partial charge < -0.3 is 19.9 Å². The fraction of sp³-hybridized carbons (Fsp3) is 0.625. The Bertz CT molecular complexity index is 339. The number of aliphatic hydroxyl groups is 1. The van der Waals surface area contributed by atoms with Gasteiger partial charge in [0.2, 0.25) is 0 Å². The van der Waals surface area contributed by atoms with Gasteiger partial charge in [0.1, 0.15) is 12.4 Å². The lowest BCUT2D eigenvalue weighted by Gasteiger charge is -2.26. The summed E-state index contributed by atoms with van der Waals surface area (Å²) < 4.78 is 11.1. The number of ether oxygens (including phenoxy) is 2. The summed E-state index contributed by atoms with van der Waals surface area (Å²) in [6, 6.07) is 9.75. The summed E-state index contributed by atoms with van der Waals surface area (Å²) in [6.45, 7) is 4.12. The molecule has 4 nitrogen and oxygen atoms in total. The zero-order valence-corrected chi connectivity index (χ0v) is 12.6. The van der Waals surface area contributed by atoms with Gasteiger partial charge in [-0.05, 0) is 45.4 Å². The van der Waals surface area contributed by atoms with Crippen molar-refractivity contribution in [1.82, 2.24) is 5.32 Å². The first-order valence-corrected chi connectivity index (χ1v) is 7.25. The molecule has 0 saturated heterocycles. The zero-order valence-electron chi connectivity index (χ0n) is 12.6. The summed E-state index contributed by atoms with van der Waals surface area (Å²) in [4.78, 5) is 0. The van der Waals surface area contributed by atoms with E-state index in [-0.39, 0.29) is 12.1 Å². The first-order valence-electron chi connectivity index (χ1n) is 7.25. The SMILES string of the molecule is CNC(C)(CO)CCCCOCCOc1ccccc1. The molecule has 0 aliphatic heterocycles. The van der Waals surface area contributed by atoms with Crippen LogP contribution in [-0.2, 0) is 4.74 Å². The normalized spacial score (nSPS) is 13.9. The number of para-hydroxylation sites is 1. The van der Waals surface area contributed by atoms with E-state index >= 15 is 0 Å². The van der Waals surface area contributed by atoms with E-state index in [4.69, 9.17) is 9.47 Å². The van der Waals surface area contributed by atoms with Crippen molar-refractivity contribution < 1.29 is 14.6 Å². The molecule has 0 aromatic heterocycles. The molecule has 4 heteroatoms. The molecule has 1 aromatic carbocycles. The Balaban J connectivity index is 1.95. The van der Waals surface area contributed by atoms with E-state index in [1.165, 1.54) is 0 Å². The number of hydrogen-bond acceptors (Lipinski definition) is 4. The molecule has 0 saturated carbocycles. The van der Waals surface area contributed by atoms with Gasteiger partial charge in [-0.3, -0.25) is 0 Å². The first kappa shape index (κ1) is 17.0. The molecule has 1 unspecified atom stereocenters. The van der Waals surface area contributed by atoms with Crippen LogP contribution in [-0.4, -0.2) is 44.1 Å². The third-order valence-corrected chi connectivity index (χ3v) is 3.46. The predicted molar refractivity (Wildman–Crippen MR) is 81.2 cm³/mol. The number of unbranched alkanes of at least 4 members (excludes halogenated alkanes) is 1. The smallest absolute Gasteiger partial charge is 0.119 e. The van der Waals surface area contributed by atoms with Crippen LogP contribution in [0, 0.1) is 0 Å². The number of hydrogen-bond donors (Lipinski definition) is 2. The Hall–Kier alpha value is -1.10. The molecule has 0 radical (unpaired) electrons. The molecule has 0 fully saturated rings. The molecule has 0 aliphatic carbocycles. The van der Waals surface area contributed by atoms with Gasteiger partial charge in [0, 0.05) is 12.1 Å². The highest BCUT2D eigenvalue weighted by molar-refractivity contribution is 5.20. The fourth-order valence-electron chi connectivity index (χ4n) is 1.84. The van der Waals surface area contributed by atoms with Crippen LogP contribution in [0.4, 0.5) is 0 Å². The van der Waals surface area contributed by atoms with Crippen molar-refractivity contribution in [3.8, 4) is 5.75 Å². The average molecular weight is 281 g/mol. The van der Waals surface area contributed by atoms with E-state index in [0.29, 0.717) is 13.2 Å². The van der Waals surface area contributed by atoms with Crippen molar-refractivity contribution in [3.63, 3.8) is 0 Å². The molecule has 1 atom stereocenters. The summed E-state index contributed by atoms with van der Waals surface area (Å²) in [5, 5.41) is 12.4. The summed E-state index contributed by atoms with van der Waals surface area (Å²) in [6.07, 6.45) is 2.99. The van der Waals surface area contributed by atoms with Crippen molar-refractivity contribution in [1.29, 1.82) is 0 Å². The average Bonchev–Trinajstić information content (AvgIpc) is 2.50. The topological polar surface area (TPSA) is 50.7 Å². The van der Waals surface area contributed by atoms with Crippen LogP contribution < -0.4 is 10.1 Å². The molecular formula is C16H27NO3. The van der Waals surface area contributed by atoms with E-state index in [1.807, 2.05) is 44.3 Å². The van der Waals surface area contributed by atoms with Gasteiger partial charge in [-0.1, -0.05) is 18.2 Å². The van der Waals surface area contributed by atoms with Gasteiger partial charge in [-0.2, -0.15) is 0 Å². The van der Waals surface area contributed by atoms with E-state index in [1.54, 1.807) is 0 Å². The minimum atomic E-state index is -0.170. The van der Waals surface area contributed by atoms with Gasteiger partial charge in [-0.15, -0.1) is 0 Å². The first-order chi connectivity index (χ1) is 9.70. The minimum Gasteiger partial charge on any atom is -0.491 e. The van der Waals surface area contributed by atoms with Crippen molar-refractivity contribution in [2.45, 2.75) is 31.7 Å². The molecule has 0 heterocycles. The highest BCUT2D eigenvalue weighted by Gasteiger charge is 2.19. The number of aliphatic hydroxyl groups excluding tert-OH is 1. The molecule has 1 aromatic rings. The van der Waals surface area contributed by atoms with Crippen LogP contribution in [0.5, 0.6) is 5.75 Å². The Morgan fingerprint density at radius 3 is 2.50 bits per heavy atom. The van der Waals surface area contributed by atoms with Gasteiger partial charge in [0.25, 0.3) is 0 Å². The number of likely N-dealkylation sites (N-methyl/N-ethyl adjacent to an activating group) is 1. The number of nitrogens with one attached hydrogen (secondary N) is 1. The minimum absolute atomic E-state index is 0.162. The van der Waals surface area contributed by atoms with Crippen molar-refractivity contribution >= 4 is 0 Å². The molecule has 0 aliphatic rings. The van der Waals surface area contributed by atoms with Gasteiger partial charge >= 0.3 is 0 Å². The van der Waals surface area contributed by atoms with Crippen LogP contribution in [0.15, 0.2) is 30.3 Å². The second-order valence-electron chi connectivity index (χ2n) is 5.20. The Morgan fingerprint density at radius 1 is 1.10 bits per heavy atom. The Morgan fingerprint density at radius 2 is 1.85 bits per heavy atom. The predicted octanol–water partition coefficient (Wildman–Crippen LogP) is 2.22. The number of benzene rings is 1. The van der Waals surface area contributed by atoms with Crippen LogP contribution in [0.3, 0.4) is 0 Å². The monoisotopic (exact) mass is 281 g/mol. The third-order valence-electron chi connectivity index (χ3n) is 3.46. The lowest BCUT2D eigenvalue weighted by molar-refractivity contribution is 0.0940. The fourth-order valence-corrected chi connectivity index (χ4v) is 1.84. The lowest BCUT2D eigenvalue weighted by atomic mass is 9.96. The summed E-state index contributed by atoms with van der Waals surface area (Å²) in [5.41, 5.74) is -0.170. The lowest BCUT2D eigenvalue weighted by Crippen LogP contribution is -2.43. The van der Waals surface area contributed by atoms with Crippen molar-refractivity contribution in [2.24, 2.45) is 0 Å². The summed E-state index contributed by atoms with van der Waals surface area (Å²) in [5.74, 6) is 0.879.